The number of aromatic nitrogens is 4. The van der Waals surface area contributed by atoms with E-state index in [9.17, 15) is 87.8 Å². The van der Waals surface area contributed by atoms with Gasteiger partial charge in [0.15, 0.2) is 0 Å². The van der Waals surface area contributed by atoms with Gasteiger partial charge in [0.25, 0.3) is 0 Å². The lowest BCUT2D eigenvalue weighted by Crippen LogP contribution is -2.62. The molecule has 6 aromatic rings. The summed E-state index contributed by atoms with van der Waals surface area (Å²) in [6.45, 7) is 0. The van der Waals surface area contributed by atoms with Crippen LogP contribution in [-0.2, 0) is 35.5 Å². The lowest BCUT2D eigenvalue weighted by atomic mass is 10.0. The van der Waals surface area contributed by atoms with Gasteiger partial charge in [-0.15, -0.1) is 0 Å². The van der Waals surface area contributed by atoms with Crippen molar-refractivity contribution in [3.8, 4) is 22.5 Å². The number of ether oxygens (including phenoxy) is 5. The van der Waals surface area contributed by atoms with Crippen molar-refractivity contribution < 1.29 is 129 Å². The highest BCUT2D eigenvalue weighted by Gasteiger charge is 2.80. The Morgan fingerprint density at radius 3 is 0.658 bits per heavy atom. The first kappa shape index (κ1) is 56.0. The zero-order valence-electron chi connectivity index (χ0n) is 34.3. The number of rotatable bonds is 20. The molecule has 4 aromatic carbocycles. The summed E-state index contributed by atoms with van der Waals surface area (Å²) in [6.07, 6.45) is -78.7. The summed E-state index contributed by atoms with van der Waals surface area (Å²) in [7, 11) is 0. The number of halogens is 24. The third kappa shape index (κ3) is 10.4. The smallest absolute Gasteiger partial charge is 0.244 e. The van der Waals surface area contributed by atoms with Gasteiger partial charge in [-0.2, -0.15) is 105 Å². The molecular formula is C40H18F24N4O5. The molecule has 0 unspecified atom stereocenters. The average Bonchev–Trinajstić information content (AvgIpc) is 3.26. The normalized spacial score (nSPS) is 14.6. The maximum Gasteiger partial charge on any atom is 0.453 e. The molecule has 0 bridgehead atoms. The first-order valence-corrected chi connectivity index (χ1v) is 18.8. The van der Waals surface area contributed by atoms with Gasteiger partial charge < -0.3 is 0 Å². The van der Waals surface area contributed by atoms with Gasteiger partial charge >= 0.3 is 72.9 Å². The Labute approximate surface area is 387 Å². The number of alkyl halides is 24. The molecule has 2 aromatic heterocycles. The fourth-order valence-corrected chi connectivity index (χ4v) is 5.72. The molecule has 396 valence electrons. The van der Waals surface area contributed by atoms with Crippen LogP contribution in [0, 0.1) is 0 Å². The van der Waals surface area contributed by atoms with Gasteiger partial charge in [0, 0.05) is 11.1 Å². The van der Waals surface area contributed by atoms with Crippen molar-refractivity contribution in [2.75, 3.05) is 0 Å². The van der Waals surface area contributed by atoms with Crippen molar-refractivity contribution in [1.82, 2.24) is 19.9 Å². The Kier molecular flexibility index (Phi) is 14.0. The number of nitrogens with zero attached hydrogens (tertiary/aromatic N) is 4. The molecule has 2 heterocycles. The van der Waals surface area contributed by atoms with Crippen molar-refractivity contribution in [2.45, 2.75) is 72.9 Å². The molecule has 6 rings (SSSR count). The van der Waals surface area contributed by atoms with Crippen LogP contribution in [0.25, 0.3) is 44.6 Å². The molecule has 0 aliphatic heterocycles. The molecule has 0 fully saturated rings. The highest BCUT2D eigenvalue weighted by Crippen LogP contribution is 2.56. The zero-order chi connectivity index (χ0) is 54.9. The van der Waals surface area contributed by atoms with Crippen molar-refractivity contribution in [1.29, 1.82) is 0 Å². The van der Waals surface area contributed by atoms with Gasteiger partial charge in [0.2, 0.25) is 0 Å². The Hall–Kier alpha value is -6.32. The van der Waals surface area contributed by atoms with Crippen LogP contribution in [0.3, 0.4) is 0 Å². The number of hydrogen-bond acceptors (Lipinski definition) is 9. The van der Waals surface area contributed by atoms with Gasteiger partial charge in [-0.05, 0) is 24.3 Å². The molecule has 0 N–H and O–H groups in total. The Bertz CT molecular complexity index is 2750. The SMILES string of the molecule is FC(F)(OC(F)(F)C(F)(F)OC(F)(F)C(F)(F)OC(F)(F)C(F)(F)c1nc2ccccc2nc1-c1ccccc1)C(F)(F)OC(F)(F)C(F)(F)OC(F)(F)C(F)(F)c1nc2ccccc2nc1-c1ccccc1. The van der Waals surface area contributed by atoms with E-state index in [1.165, 1.54) is 29.0 Å². The van der Waals surface area contributed by atoms with Gasteiger partial charge in [-0.3, -0.25) is 0 Å². The molecule has 73 heavy (non-hydrogen) atoms. The van der Waals surface area contributed by atoms with Crippen molar-refractivity contribution in [2.24, 2.45) is 0 Å². The molecule has 0 saturated heterocycles. The molecule has 0 atom stereocenters. The van der Waals surface area contributed by atoms with E-state index >= 15 is 17.6 Å². The lowest BCUT2D eigenvalue weighted by Gasteiger charge is -2.37. The summed E-state index contributed by atoms with van der Waals surface area (Å²) < 4.78 is 360. The van der Waals surface area contributed by atoms with Crippen LogP contribution in [0.2, 0.25) is 0 Å². The minimum atomic E-state index is -8.19. The van der Waals surface area contributed by atoms with Crippen LogP contribution in [0.15, 0.2) is 109 Å². The van der Waals surface area contributed by atoms with Crippen molar-refractivity contribution >= 4 is 22.1 Å². The van der Waals surface area contributed by atoms with Crippen LogP contribution in [0.5, 0.6) is 0 Å². The average molecular weight is 1090 g/mol. The maximum absolute atomic E-state index is 15.4. The van der Waals surface area contributed by atoms with Crippen molar-refractivity contribution in [3.05, 3.63) is 121 Å². The molecule has 0 saturated carbocycles. The molecule has 0 aliphatic carbocycles. The molecular weight excluding hydrogens is 1070 g/mol. The summed E-state index contributed by atoms with van der Waals surface area (Å²) >= 11 is 0. The van der Waals surface area contributed by atoms with Gasteiger partial charge in [-0.1, -0.05) is 84.9 Å². The Morgan fingerprint density at radius 1 is 0.233 bits per heavy atom. The summed E-state index contributed by atoms with van der Waals surface area (Å²) in [5, 5.41) is 0. The van der Waals surface area contributed by atoms with Crippen LogP contribution < -0.4 is 0 Å². The number of hydrogen-bond donors (Lipinski definition) is 0. The van der Waals surface area contributed by atoms with Gasteiger partial charge in [-0.25, -0.2) is 43.6 Å². The van der Waals surface area contributed by atoms with Crippen LogP contribution in [0.1, 0.15) is 11.4 Å². The predicted octanol–water partition coefficient (Wildman–Crippen LogP) is 13.8. The molecule has 0 aliphatic rings. The minimum absolute atomic E-state index is 0.369. The molecule has 0 amide bonds. The predicted molar refractivity (Wildman–Crippen MR) is 193 cm³/mol. The number of benzene rings is 4. The maximum atomic E-state index is 15.4. The van der Waals surface area contributed by atoms with Gasteiger partial charge in [0.1, 0.15) is 11.4 Å². The van der Waals surface area contributed by atoms with E-state index in [1.54, 1.807) is 9.47 Å². The van der Waals surface area contributed by atoms with Crippen LogP contribution in [0.4, 0.5) is 105 Å². The number of fused-ring (bicyclic) bond motifs is 2. The van der Waals surface area contributed by atoms with E-state index in [4.69, 9.17) is 0 Å². The minimum Gasteiger partial charge on any atom is -0.244 e. The highest BCUT2D eigenvalue weighted by molar-refractivity contribution is 5.80. The summed E-state index contributed by atoms with van der Waals surface area (Å²) in [4.78, 5) is 13.5. The van der Waals surface area contributed by atoms with E-state index in [0.717, 1.165) is 84.9 Å². The monoisotopic (exact) mass is 1090 g/mol. The first-order valence-electron chi connectivity index (χ1n) is 18.8. The lowest BCUT2D eigenvalue weighted by molar-refractivity contribution is -0.591. The summed E-state index contributed by atoms with van der Waals surface area (Å²) in [5.74, 6) is -12.9. The van der Waals surface area contributed by atoms with E-state index in [0.29, 0.717) is 0 Å². The van der Waals surface area contributed by atoms with Gasteiger partial charge in [0.05, 0.1) is 33.5 Å². The summed E-state index contributed by atoms with van der Waals surface area (Å²) in [5.41, 5.74) is -10.7. The summed E-state index contributed by atoms with van der Waals surface area (Å²) in [6, 6.07) is 18.3. The van der Waals surface area contributed by atoms with Crippen molar-refractivity contribution in [3.63, 3.8) is 0 Å². The highest BCUT2D eigenvalue weighted by atomic mass is 19.4. The standard InChI is InChI=1S/C40H18F24N4O5/c41-29(42,27-25(19-11-3-1-4-12-19)65-21-15-7-9-17-23(21)67-27)31(45,46)69-33(49,50)35(53,54)71-37(57,58)39(61,62)73-40(63,64)38(59,60)72-36(55,56)34(51,52)70-32(47,48)30(43,44)28-26(20-13-5-2-6-14-20)66-22-16-8-10-18-24(22)68-28/h1-18H. The molecule has 9 nitrogen and oxygen atoms in total. The van der Waals surface area contributed by atoms with Crippen LogP contribution in [-0.4, -0.2) is 81.0 Å². The second kappa shape index (κ2) is 18.3. The fraction of sp³-hybridized carbons (Fsp3) is 0.300. The first-order chi connectivity index (χ1) is 33.1. The number of para-hydroxylation sites is 4. The third-order valence-corrected chi connectivity index (χ3v) is 9.20. The van der Waals surface area contributed by atoms with E-state index in [1.807, 2.05) is 0 Å². The van der Waals surface area contributed by atoms with E-state index < -0.39 is 118 Å². The quantitative estimate of drug-likeness (QED) is 0.0692. The largest absolute Gasteiger partial charge is 0.453 e. The van der Waals surface area contributed by atoms with E-state index in [2.05, 4.69) is 29.4 Å². The fourth-order valence-electron chi connectivity index (χ4n) is 5.72. The molecule has 33 heteroatoms. The third-order valence-electron chi connectivity index (χ3n) is 9.20. The Morgan fingerprint density at radius 2 is 0.425 bits per heavy atom. The molecule has 0 spiro atoms. The Balaban J connectivity index is 1.21. The van der Waals surface area contributed by atoms with Crippen LogP contribution >= 0.6 is 0 Å². The topological polar surface area (TPSA) is 97.7 Å². The molecule has 0 radical (unpaired) electrons. The second-order valence-corrected chi connectivity index (χ2v) is 14.4. The second-order valence-electron chi connectivity index (χ2n) is 14.4. The van der Waals surface area contributed by atoms with E-state index in [-0.39, 0.29) is 11.0 Å². The zero-order valence-corrected chi connectivity index (χ0v) is 34.3.